The minimum absolute atomic E-state index is 0.0831. The van der Waals surface area contributed by atoms with E-state index in [-0.39, 0.29) is 11.5 Å². The number of hydrogen-bond donors (Lipinski definition) is 0. The zero-order valence-corrected chi connectivity index (χ0v) is 11.9. The number of ketones is 1. The predicted molar refractivity (Wildman–Crippen MR) is 70.4 cm³/mol. The maximum Gasteiger partial charge on any atom is 0.357 e. The Morgan fingerprint density at radius 3 is 2.68 bits per heavy atom. The smallest absolute Gasteiger partial charge is 0.357 e. The van der Waals surface area contributed by atoms with Gasteiger partial charge in [-0.2, -0.15) is 5.10 Å². The van der Waals surface area contributed by atoms with Gasteiger partial charge in [-0.3, -0.25) is 9.48 Å². The van der Waals surface area contributed by atoms with Gasteiger partial charge < -0.3 is 4.74 Å². The lowest BCUT2D eigenvalue weighted by atomic mass is 10.1. The van der Waals surface area contributed by atoms with Crippen molar-refractivity contribution in [1.82, 2.24) is 14.8 Å². The Balaban J connectivity index is 2.66. The lowest BCUT2D eigenvalue weighted by Gasteiger charge is -2.03. The minimum atomic E-state index is -0.504. The summed E-state index contributed by atoms with van der Waals surface area (Å²) in [6.07, 6.45) is 1.52. The van der Waals surface area contributed by atoms with Crippen LogP contribution < -0.4 is 0 Å². The number of esters is 1. The number of aromatic nitrogens is 3. The van der Waals surface area contributed by atoms with E-state index in [0.717, 1.165) is 5.01 Å². The van der Waals surface area contributed by atoms with Gasteiger partial charge in [-0.1, -0.05) is 0 Å². The summed E-state index contributed by atoms with van der Waals surface area (Å²) in [4.78, 5) is 28.3. The molecule has 0 saturated heterocycles. The van der Waals surface area contributed by atoms with Crippen LogP contribution in [0.15, 0.2) is 6.20 Å². The number of methoxy groups -OCH3 is 1. The third-order valence-electron chi connectivity index (χ3n) is 2.63. The SMILES string of the molecule is COC(=O)c1c(-c2nc(C)sc2C(C)=O)cnn1C. The average Bonchev–Trinajstić information content (AvgIpc) is 2.91. The summed E-state index contributed by atoms with van der Waals surface area (Å²) in [5.41, 5.74) is 1.29. The monoisotopic (exact) mass is 279 g/mol. The van der Waals surface area contributed by atoms with Crippen LogP contribution in [-0.4, -0.2) is 33.6 Å². The molecular weight excluding hydrogens is 266 g/mol. The molecule has 0 unspecified atom stereocenters. The fraction of sp³-hybridized carbons (Fsp3) is 0.333. The van der Waals surface area contributed by atoms with Crippen LogP contribution in [0.2, 0.25) is 0 Å². The second-order valence-electron chi connectivity index (χ2n) is 3.99. The lowest BCUT2D eigenvalue weighted by Crippen LogP contribution is -2.10. The highest BCUT2D eigenvalue weighted by atomic mass is 32.1. The van der Waals surface area contributed by atoms with Crippen LogP contribution in [0.3, 0.4) is 0 Å². The molecule has 19 heavy (non-hydrogen) atoms. The first-order valence-corrected chi connectivity index (χ1v) is 6.36. The molecule has 0 spiro atoms. The third kappa shape index (κ3) is 2.28. The molecule has 2 aromatic heterocycles. The van der Waals surface area contributed by atoms with E-state index >= 15 is 0 Å². The van der Waals surface area contributed by atoms with E-state index in [4.69, 9.17) is 4.74 Å². The van der Waals surface area contributed by atoms with Crippen molar-refractivity contribution < 1.29 is 14.3 Å². The van der Waals surface area contributed by atoms with Crippen molar-refractivity contribution in [2.45, 2.75) is 13.8 Å². The molecule has 0 N–H and O–H groups in total. The first-order chi connectivity index (χ1) is 8.95. The van der Waals surface area contributed by atoms with Crippen molar-refractivity contribution in [3.05, 3.63) is 21.8 Å². The Kier molecular flexibility index (Phi) is 3.48. The van der Waals surface area contributed by atoms with Crippen LogP contribution in [0.1, 0.15) is 32.1 Å². The number of thiazole rings is 1. The van der Waals surface area contributed by atoms with Gasteiger partial charge in [-0.05, 0) is 6.92 Å². The van der Waals surface area contributed by atoms with Crippen LogP contribution >= 0.6 is 11.3 Å². The van der Waals surface area contributed by atoms with Gasteiger partial charge in [0.1, 0.15) is 0 Å². The Labute approximate surface area is 114 Å². The number of aryl methyl sites for hydroxylation is 2. The number of hydrogen-bond acceptors (Lipinski definition) is 6. The molecule has 0 aliphatic rings. The molecule has 0 radical (unpaired) electrons. The van der Waals surface area contributed by atoms with Gasteiger partial charge >= 0.3 is 5.97 Å². The van der Waals surface area contributed by atoms with Crippen LogP contribution in [-0.2, 0) is 11.8 Å². The van der Waals surface area contributed by atoms with E-state index in [2.05, 4.69) is 10.1 Å². The highest BCUT2D eigenvalue weighted by Gasteiger charge is 2.24. The zero-order chi connectivity index (χ0) is 14.2. The molecule has 0 atom stereocenters. The van der Waals surface area contributed by atoms with Crippen molar-refractivity contribution in [2.75, 3.05) is 7.11 Å². The van der Waals surface area contributed by atoms with Crippen molar-refractivity contribution in [1.29, 1.82) is 0 Å². The van der Waals surface area contributed by atoms with E-state index in [0.29, 0.717) is 16.1 Å². The summed E-state index contributed by atoms with van der Waals surface area (Å²) in [5.74, 6) is -0.588. The van der Waals surface area contributed by atoms with Crippen LogP contribution in [0.4, 0.5) is 0 Å². The van der Waals surface area contributed by atoms with Crippen LogP contribution in [0.5, 0.6) is 0 Å². The van der Waals surface area contributed by atoms with Gasteiger partial charge in [0.25, 0.3) is 0 Å². The summed E-state index contributed by atoms with van der Waals surface area (Å²) in [5, 5.41) is 4.80. The largest absolute Gasteiger partial charge is 0.464 e. The molecule has 100 valence electrons. The first kappa shape index (κ1) is 13.4. The number of ether oxygens (including phenoxy) is 1. The minimum Gasteiger partial charge on any atom is -0.464 e. The number of rotatable bonds is 3. The summed E-state index contributed by atoms with van der Waals surface area (Å²) in [7, 11) is 2.94. The van der Waals surface area contributed by atoms with E-state index in [9.17, 15) is 9.59 Å². The normalized spacial score (nSPS) is 10.5. The van der Waals surface area contributed by atoms with Crippen LogP contribution in [0, 0.1) is 6.92 Å². The Bertz CT molecular complexity index is 657. The molecule has 0 aliphatic heterocycles. The predicted octanol–water partition coefficient (Wildman–Crippen LogP) is 1.84. The number of carbonyl (C=O) groups is 2. The Hall–Kier alpha value is -2.02. The van der Waals surface area contributed by atoms with Gasteiger partial charge in [0, 0.05) is 14.0 Å². The van der Waals surface area contributed by atoms with Gasteiger partial charge in [-0.15, -0.1) is 11.3 Å². The third-order valence-corrected chi connectivity index (χ3v) is 3.70. The second kappa shape index (κ2) is 4.93. The average molecular weight is 279 g/mol. The van der Waals surface area contributed by atoms with Gasteiger partial charge in [-0.25, -0.2) is 9.78 Å². The topological polar surface area (TPSA) is 74.1 Å². The van der Waals surface area contributed by atoms with Crippen molar-refractivity contribution in [3.8, 4) is 11.3 Å². The summed E-state index contributed by atoms with van der Waals surface area (Å²) >= 11 is 1.30. The van der Waals surface area contributed by atoms with Gasteiger partial charge in [0.05, 0.1) is 34.4 Å². The maximum atomic E-state index is 11.8. The molecule has 0 aromatic carbocycles. The molecular formula is C12H13N3O3S. The molecule has 0 fully saturated rings. The summed E-state index contributed by atoms with van der Waals surface area (Å²) in [6, 6.07) is 0. The Morgan fingerprint density at radius 1 is 1.42 bits per heavy atom. The van der Waals surface area contributed by atoms with Crippen molar-refractivity contribution in [3.63, 3.8) is 0 Å². The molecule has 0 aliphatic carbocycles. The standard InChI is InChI=1S/C12H13N3O3S/c1-6(16)11-9(14-7(2)19-11)8-5-13-15(3)10(8)12(17)18-4/h5H,1-4H3. The molecule has 0 amide bonds. The quantitative estimate of drug-likeness (QED) is 0.633. The van der Waals surface area contributed by atoms with E-state index in [1.54, 1.807) is 7.05 Å². The van der Waals surface area contributed by atoms with Crippen LogP contribution in [0.25, 0.3) is 11.3 Å². The van der Waals surface area contributed by atoms with Crippen molar-refractivity contribution in [2.24, 2.45) is 7.05 Å². The first-order valence-electron chi connectivity index (χ1n) is 5.54. The van der Waals surface area contributed by atoms with E-state index < -0.39 is 5.97 Å². The molecule has 6 nitrogen and oxygen atoms in total. The van der Waals surface area contributed by atoms with Gasteiger partial charge in [0.2, 0.25) is 0 Å². The zero-order valence-electron chi connectivity index (χ0n) is 11.1. The molecule has 0 saturated carbocycles. The highest BCUT2D eigenvalue weighted by Crippen LogP contribution is 2.30. The highest BCUT2D eigenvalue weighted by molar-refractivity contribution is 7.14. The molecule has 2 heterocycles. The molecule has 0 bridgehead atoms. The van der Waals surface area contributed by atoms with E-state index in [1.807, 2.05) is 6.92 Å². The maximum absolute atomic E-state index is 11.8. The molecule has 7 heteroatoms. The molecule has 2 rings (SSSR count). The number of Topliss-reactive ketones (excluding diaryl/α,β-unsaturated/α-hetero) is 1. The van der Waals surface area contributed by atoms with Gasteiger partial charge in [0.15, 0.2) is 11.5 Å². The van der Waals surface area contributed by atoms with Crippen molar-refractivity contribution >= 4 is 23.1 Å². The lowest BCUT2D eigenvalue weighted by molar-refractivity contribution is 0.0589. The fourth-order valence-electron chi connectivity index (χ4n) is 1.80. The summed E-state index contributed by atoms with van der Waals surface area (Å²) < 4.78 is 6.15. The fourth-order valence-corrected chi connectivity index (χ4v) is 2.63. The van der Waals surface area contributed by atoms with E-state index in [1.165, 1.54) is 36.2 Å². The number of nitrogens with zero attached hydrogens (tertiary/aromatic N) is 3. The molecule has 2 aromatic rings. The number of carbonyl (C=O) groups excluding carboxylic acids is 2. The second-order valence-corrected chi connectivity index (χ2v) is 5.19. The Morgan fingerprint density at radius 2 is 2.11 bits per heavy atom. The summed E-state index contributed by atoms with van der Waals surface area (Å²) in [6.45, 7) is 3.29.